The Morgan fingerprint density at radius 1 is 1.31 bits per heavy atom. The van der Waals surface area contributed by atoms with Crippen molar-refractivity contribution in [1.29, 1.82) is 0 Å². The van der Waals surface area contributed by atoms with Gasteiger partial charge in [0.05, 0.1) is 0 Å². The highest BCUT2D eigenvalue weighted by molar-refractivity contribution is 5.73. The lowest BCUT2D eigenvalue weighted by Gasteiger charge is -2.07. The highest BCUT2D eigenvalue weighted by Crippen LogP contribution is 2.13. The molecule has 0 saturated carbocycles. The first-order valence-electron chi connectivity index (χ1n) is 4.53. The maximum absolute atomic E-state index is 10.5. The molecule has 16 heavy (non-hydrogen) atoms. The minimum atomic E-state index is -1.06. The Hall–Kier alpha value is -2.08. The quantitative estimate of drug-likeness (QED) is 0.670. The summed E-state index contributed by atoms with van der Waals surface area (Å²) in [7, 11) is 0. The third-order valence-electron chi connectivity index (χ3n) is 1.91. The number of carboxylic acid groups (broad SMARTS) is 1. The van der Waals surface area contributed by atoms with Crippen molar-refractivity contribution < 1.29 is 19.4 Å². The minimum Gasteiger partial charge on any atom is -0.480 e. The lowest BCUT2D eigenvalue weighted by atomic mass is 10.1. The molecule has 0 aliphatic rings. The topological polar surface area (TPSA) is 116 Å². The molecule has 5 N–H and O–H groups in total. The summed E-state index contributed by atoms with van der Waals surface area (Å²) < 4.78 is 4.61. The van der Waals surface area contributed by atoms with Gasteiger partial charge >= 0.3 is 12.1 Å². The Kier molecular flexibility index (Phi) is 3.84. The van der Waals surface area contributed by atoms with Gasteiger partial charge in [0.15, 0.2) is 0 Å². The first-order chi connectivity index (χ1) is 7.49. The van der Waals surface area contributed by atoms with Crippen LogP contribution in [0.4, 0.5) is 4.79 Å². The summed E-state index contributed by atoms with van der Waals surface area (Å²) >= 11 is 0. The van der Waals surface area contributed by atoms with Crippen LogP contribution < -0.4 is 16.2 Å². The monoisotopic (exact) mass is 224 g/mol. The van der Waals surface area contributed by atoms with Gasteiger partial charge in [-0.2, -0.15) is 0 Å². The summed E-state index contributed by atoms with van der Waals surface area (Å²) in [6.45, 7) is 0. The Morgan fingerprint density at radius 3 is 2.31 bits per heavy atom. The normalized spacial score (nSPS) is 11.8. The molecule has 0 aromatic heterocycles. The van der Waals surface area contributed by atoms with E-state index in [0.29, 0.717) is 5.75 Å². The zero-order valence-electron chi connectivity index (χ0n) is 8.42. The zero-order chi connectivity index (χ0) is 12.1. The minimum absolute atomic E-state index is 0.214. The summed E-state index contributed by atoms with van der Waals surface area (Å²) in [5, 5.41) is 8.61. The highest BCUT2D eigenvalue weighted by atomic mass is 16.5. The van der Waals surface area contributed by atoms with Gasteiger partial charge in [0.2, 0.25) is 0 Å². The Bertz CT molecular complexity index is 388. The Balaban J connectivity index is 2.64. The average molecular weight is 224 g/mol. The van der Waals surface area contributed by atoms with Crippen molar-refractivity contribution in [3.8, 4) is 5.75 Å². The molecule has 1 aromatic rings. The van der Waals surface area contributed by atoms with Crippen molar-refractivity contribution in [2.75, 3.05) is 0 Å². The largest absolute Gasteiger partial charge is 0.480 e. The van der Waals surface area contributed by atoms with Crippen LogP contribution in [-0.4, -0.2) is 23.2 Å². The van der Waals surface area contributed by atoms with E-state index in [-0.39, 0.29) is 6.42 Å². The van der Waals surface area contributed by atoms with Crippen LogP contribution in [0.15, 0.2) is 24.3 Å². The average Bonchev–Trinajstić information content (AvgIpc) is 2.20. The van der Waals surface area contributed by atoms with E-state index in [9.17, 15) is 9.59 Å². The number of nitrogens with two attached hydrogens (primary N) is 2. The van der Waals surface area contributed by atoms with Gasteiger partial charge < -0.3 is 21.3 Å². The van der Waals surface area contributed by atoms with Crippen LogP contribution in [0.25, 0.3) is 0 Å². The fourth-order valence-electron chi connectivity index (χ4n) is 1.15. The second-order valence-electron chi connectivity index (χ2n) is 3.21. The number of amides is 1. The second-order valence-corrected chi connectivity index (χ2v) is 3.21. The van der Waals surface area contributed by atoms with Crippen LogP contribution in [0.1, 0.15) is 5.56 Å². The van der Waals surface area contributed by atoms with Crippen molar-refractivity contribution in [3.05, 3.63) is 29.8 Å². The van der Waals surface area contributed by atoms with Crippen LogP contribution in [-0.2, 0) is 11.2 Å². The molecule has 1 aromatic carbocycles. The van der Waals surface area contributed by atoms with Crippen molar-refractivity contribution in [2.45, 2.75) is 12.5 Å². The third kappa shape index (κ3) is 3.58. The summed E-state index contributed by atoms with van der Waals surface area (Å²) in [5.41, 5.74) is 10.9. The van der Waals surface area contributed by atoms with Gasteiger partial charge in [0, 0.05) is 0 Å². The zero-order valence-corrected chi connectivity index (χ0v) is 8.42. The molecule has 0 fully saturated rings. The fourth-order valence-corrected chi connectivity index (χ4v) is 1.15. The third-order valence-corrected chi connectivity index (χ3v) is 1.91. The van der Waals surface area contributed by atoms with Crippen molar-refractivity contribution >= 4 is 12.1 Å². The van der Waals surface area contributed by atoms with Crippen LogP contribution in [0.3, 0.4) is 0 Å². The van der Waals surface area contributed by atoms with E-state index in [1.165, 1.54) is 12.1 Å². The molecule has 0 saturated heterocycles. The summed E-state index contributed by atoms with van der Waals surface area (Å²) in [4.78, 5) is 20.9. The van der Waals surface area contributed by atoms with E-state index >= 15 is 0 Å². The first kappa shape index (κ1) is 12.0. The van der Waals surface area contributed by atoms with Crippen LogP contribution in [0, 0.1) is 0 Å². The number of benzene rings is 1. The van der Waals surface area contributed by atoms with E-state index in [1.54, 1.807) is 12.1 Å². The van der Waals surface area contributed by atoms with E-state index in [2.05, 4.69) is 4.74 Å². The van der Waals surface area contributed by atoms with E-state index in [1.807, 2.05) is 0 Å². The Morgan fingerprint density at radius 2 is 1.88 bits per heavy atom. The standard InChI is InChI=1S/C10H12N2O4/c11-8(9(13)14)5-6-1-3-7(4-2-6)16-10(12)15/h1-4,8H,5,11H2,(H2,12,15)(H,13,14)/t8-/m0/s1. The predicted octanol–water partition coefficient (Wildman–Crippen LogP) is 0.0985. The smallest absolute Gasteiger partial charge is 0.409 e. The molecule has 1 rings (SSSR count). The number of aliphatic carboxylic acids is 1. The van der Waals surface area contributed by atoms with E-state index < -0.39 is 18.1 Å². The number of hydrogen-bond acceptors (Lipinski definition) is 4. The van der Waals surface area contributed by atoms with Gasteiger partial charge in [-0.1, -0.05) is 12.1 Å². The fraction of sp³-hybridized carbons (Fsp3) is 0.200. The van der Waals surface area contributed by atoms with Crippen LogP contribution >= 0.6 is 0 Å². The number of hydrogen-bond donors (Lipinski definition) is 3. The van der Waals surface area contributed by atoms with Crippen molar-refractivity contribution in [1.82, 2.24) is 0 Å². The maximum Gasteiger partial charge on any atom is 0.409 e. The number of carboxylic acids is 1. The molecule has 0 heterocycles. The molecule has 0 radical (unpaired) electrons. The van der Waals surface area contributed by atoms with Gasteiger partial charge in [-0.25, -0.2) is 4.79 Å². The molecular weight excluding hydrogens is 212 g/mol. The number of primary amides is 1. The molecule has 1 amide bonds. The second kappa shape index (κ2) is 5.13. The first-order valence-corrected chi connectivity index (χ1v) is 4.53. The summed E-state index contributed by atoms with van der Waals surface area (Å²) in [5.74, 6) is -0.752. The van der Waals surface area contributed by atoms with Gasteiger partial charge in [0.1, 0.15) is 11.8 Å². The van der Waals surface area contributed by atoms with Gasteiger partial charge in [-0.05, 0) is 24.1 Å². The SMILES string of the molecule is NC(=O)Oc1ccc(C[C@H](N)C(=O)O)cc1. The molecule has 6 heteroatoms. The highest BCUT2D eigenvalue weighted by Gasteiger charge is 2.11. The number of carbonyl (C=O) groups excluding carboxylic acids is 1. The van der Waals surface area contributed by atoms with Crippen molar-refractivity contribution in [2.24, 2.45) is 11.5 Å². The van der Waals surface area contributed by atoms with Gasteiger partial charge in [-0.15, -0.1) is 0 Å². The number of ether oxygens (including phenoxy) is 1. The van der Waals surface area contributed by atoms with Gasteiger partial charge in [0.25, 0.3) is 0 Å². The van der Waals surface area contributed by atoms with Crippen molar-refractivity contribution in [3.63, 3.8) is 0 Å². The van der Waals surface area contributed by atoms with Crippen LogP contribution in [0.2, 0.25) is 0 Å². The van der Waals surface area contributed by atoms with E-state index in [0.717, 1.165) is 5.56 Å². The lowest BCUT2D eigenvalue weighted by molar-refractivity contribution is -0.138. The molecule has 0 aliphatic heterocycles. The number of carbonyl (C=O) groups is 2. The molecule has 0 aliphatic carbocycles. The molecular formula is C10H12N2O4. The van der Waals surface area contributed by atoms with Gasteiger partial charge in [-0.3, -0.25) is 4.79 Å². The predicted molar refractivity (Wildman–Crippen MR) is 56.0 cm³/mol. The Labute approximate surface area is 91.8 Å². The van der Waals surface area contributed by atoms with E-state index in [4.69, 9.17) is 16.6 Å². The maximum atomic E-state index is 10.5. The summed E-state index contributed by atoms with van der Waals surface area (Å²) in [6, 6.07) is 5.36. The van der Waals surface area contributed by atoms with Crippen LogP contribution in [0.5, 0.6) is 5.75 Å². The molecule has 0 spiro atoms. The molecule has 86 valence electrons. The lowest BCUT2D eigenvalue weighted by Crippen LogP contribution is -2.32. The molecule has 6 nitrogen and oxygen atoms in total. The molecule has 0 unspecified atom stereocenters. The summed E-state index contributed by atoms with van der Waals surface area (Å²) in [6.07, 6.45) is -0.679. The number of rotatable bonds is 4. The molecule has 0 bridgehead atoms. The molecule has 1 atom stereocenters.